The van der Waals surface area contributed by atoms with E-state index < -0.39 is 0 Å². The van der Waals surface area contributed by atoms with Crippen molar-refractivity contribution in [3.63, 3.8) is 0 Å². The van der Waals surface area contributed by atoms with Gasteiger partial charge in [-0.2, -0.15) is 0 Å². The number of anilines is 3. The highest BCUT2D eigenvalue weighted by atomic mass is 32.1. The van der Waals surface area contributed by atoms with Gasteiger partial charge in [-0.05, 0) is 64.4 Å². The fourth-order valence-corrected chi connectivity index (χ4v) is 8.27. The Morgan fingerprint density at radius 3 is 1.96 bits per heavy atom. The minimum atomic E-state index is 0.884. The van der Waals surface area contributed by atoms with Gasteiger partial charge in [0.1, 0.15) is 16.2 Å². The van der Waals surface area contributed by atoms with Crippen LogP contribution in [0.2, 0.25) is 0 Å². The van der Waals surface area contributed by atoms with Crippen molar-refractivity contribution in [3.05, 3.63) is 170 Å². The van der Waals surface area contributed by atoms with E-state index in [4.69, 9.17) is 9.40 Å². The van der Waals surface area contributed by atoms with E-state index in [2.05, 4.69) is 157 Å². The second-order valence-electron chi connectivity index (χ2n) is 12.4. The Morgan fingerprint density at radius 2 is 1.14 bits per heavy atom. The molecular weight excluding hydrogens is 617 g/mol. The van der Waals surface area contributed by atoms with Gasteiger partial charge in [0.05, 0.1) is 15.9 Å². The fraction of sp³-hybridized carbons (Fsp3) is 0. The number of benzene rings is 8. The van der Waals surface area contributed by atoms with Crippen LogP contribution in [0.4, 0.5) is 17.1 Å². The van der Waals surface area contributed by atoms with Crippen molar-refractivity contribution in [3.8, 4) is 21.7 Å². The molecule has 0 amide bonds. The van der Waals surface area contributed by atoms with Gasteiger partial charge in [-0.1, -0.05) is 121 Å². The van der Waals surface area contributed by atoms with Gasteiger partial charge in [-0.3, -0.25) is 0 Å². The number of hydrogen-bond acceptors (Lipinski definition) is 4. The van der Waals surface area contributed by atoms with E-state index in [1.807, 2.05) is 18.2 Å². The van der Waals surface area contributed by atoms with Gasteiger partial charge >= 0.3 is 0 Å². The third-order valence-corrected chi connectivity index (χ3v) is 10.6. The maximum Gasteiger partial charge on any atom is 0.138 e. The SMILES string of the molecule is c1ccc(-c2nc3ccc4cc(-c5ccc(N(c6ccccc6)c6cc7oc8ccccc8c7c7ccccc67)cc5)ccc4c3s2)cc1. The summed E-state index contributed by atoms with van der Waals surface area (Å²) in [5, 5.41) is 8.15. The summed E-state index contributed by atoms with van der Waals surface area (Å²) in [6.07, 6.45) is 0. The lowest BCUT2D eigenvalue weighted by Crippen LogP contribution is -2.10. The Kier molecular flexibility index (Phi) is 6.36. The molecule has 10 rings (SSSR count). The molecule has 0 spiro atoms. The van der Waals surface area contributed by atoms with Gasteiger partial charge in [-0.25, -0.2) is 4.98 Å². The van der Waals surface area contributed by atoms with Gasteiger partial charge in [0.25, 0.3) is 0 Å². The van der Waals surface area contributed by atoms with Crippen molar-refractivity contribution in [1.29, 1.82) is 0 Å². The molecule has 3 nitrogen and oxygen atoms in total. The fourth-order valence-electron chi connectivity index (χ4n) is 7.16. The molecular formula is C45H28N2OS. The zero-order valence-corrected chi connectivity index (χ0v) is 27.2. The van der Waals surface area contributed by atoms with Crippen LogP contribution in [-0.2, 0) is 0 Å². The van der Waals surface area contributed by atoms with Crippen molar-refractivity contribution >= 4 is 82.1 Å². The number of nitrogens with zero attached hydrogens (tertiary/aromatic N) is 2. The number of rotatable bonds is 5. The molecule has 230 valence electrons. The van der Waals surface area contributed by atoms with E-state index in [0.29, 0.717) is 0 Å². The lowest BCUT2D eigenvalue weighted by atomic mass is 9.99. The highest BCUT2D eigenvalue weighted by molar-refractivity contribution is 7.22. The van der Waals surface area contributed by atoms with Crippen LogP contribution in [0.3, 0.4) is 0 Å². The van der Waals surface area contributed by atoms with Crippen LogP contribution < -0.4 is 4.90 Å². The highest BCUT2D eigenvalue weighted by Crippen LogP contribution is 2.45. The normalized spacial score (nSPS) is 11.7. The quantitative estimate of drug-likeness (QED) is 0.187. The van der Waals surface area contributed by atoms with Gasteiger partial charge in [0, 0.05) is 44.5 Å². The zero-order valence-electron chi connectivity index (χ0n) is 26.4. The standard InChI is InChI=1S/C45H28N2OS/c1-3-11-30(12-4-1)45-46-39-26-22-32-27-31(21-25-35(32)44(39)49-45)29-19-23-34(24-20-29)47(33-13-5-2-6-14-33)40-28-42-43(37-16-8-7-15-36(37)40)38-17-9-10-18-41(38)48-42/h1-28H. The Balaban J connectivity index is 1.08. The van der Waals surface area contributed by atoms with Crippen molar-refractivity contribution in [2.45, 2.75) is 0 Å². The number of furan rings is 1. The van der Waals surface area contributed by atoms with Crippen LogP contribution in [0.5, 0.6) is 0 Å². The molecule has 49 heavy (non-hydrogen) atoms. The summed E-state index contributed by atoms with van der Waals surface area (Å²) >= 11 is 1.76. The monoisotopic (exact) mass is 644 g/mol. The summed E-state index contributed by atoms with van der Waals surface area (Å²) in [6.45, 7) is 0. The molecule has 0 saturated carbocycles. The molecule has 2 heterocycles. The molecule has 0 fully saturated rings. The number of para-hydroxylation sites is 2. The average molecular weight is 645 g/mol. The lowest BCUT2D eigenvalue weighted by Gasteiger charge is -2.27. The smallest absolute Gasteiger partial charge is 0.138 e. The van der Waals surface area contributed by atoms with Crippen LogP contribution in [0, 0.1) is 0 Å². The minimum Gasteiger partial charge on any atom is -0.456 e. The Hall–Kier alpha value is -6.23. The van der Waals surface area contributed by atoms with Gasteiger partial charge in [0.2, 0.25) is 0 Å². The van der Waals surface area contributed by atoms with E-state index in [0.717, 1.165) is 55.1 Å². The molecule has 10 aromatic rings. The molecule has 0 bridgehead atoms. The van der Waals surface area contributed by atoms with Crippen LogP contribution in [0.15, 0.2) is 174 Å². The van der Waals surface area contributed by atoms with E-state index in [9.17, 15) is 0 Å². The van der Waals surface area contributed by atoms with Gasteiger partial charge in [-0.15, -0.1) is 11.3 Å². The number of aromatic nitrogens is 1. The predicted molar refractivity (Wildman–Crippen MR) is 207 cm³/mol. The van der Waals surface area contributed by atoms with Gasteiger partial charge < -0.3 is 9.32 Å². The average Bonchev–Trinajstić information content (AvgIpc) is 3.78. The van der Waals surface area contributed by atoms with E-state index in [1.165, 1.54) is 37.4 Å². The first-order valence-electron chi connectivity index (χ1n) is 16.5. The van der Waals surface area contributed by atoms with Crippen LogP contribution in [0.25, 0.3) is 75.4 Å². The summed E-state index contributed by atoms with van der Waals surface area (Å²) in [5.41, 5.74) is 9.59. The number of thiazole rings is 1. The Morgan fingerprint density at radius 1 is 0.469 bits per heavy atom. The topological polar surface area (TPSA) is 29.3 Å². The van der Waals surface area contributed by atoms with Crippen molar-refractivity contribution in [2.75, 3.05) is 4.90 Å². The largest absolute Gasteiger partial charge is 0.456 e. The molecule has 8 aromatic carbocycles. The first-order chi connectivity index (χ1) is 24.3. The number of hydrogen-bond donors (Lipinski definition) is 0. The van der Waals surface area contributed by atoms with E-state index >= 15 is 0 Å². The highest BCUT2D eigenvalue weighted by Gasteiger charge is 2.20. The second-order valence-corrected chi connectivity index (χ2v) is 13.4. The molecule has 0 saturated heterocycles. The second kappa shape index (κ2) is 11.2. The summed E-state index contributed by atoms with van der Waals surface area (Å²) in [6, 6.07) is 60.2. The molecule has 0 atom stereocenters. The van der Waals surface area contributed by atoms with Crippen molar-refractivity contribution < 1.29 is 4.42 Å². The summed E-state index contributed by atoms with van der Waals surface area (Å²) in [5.74, 6) is 0. The molecule has 0 radical (unpaired) electrons. The van der Waals surface area contributed by atoms with Crippen LogP contribution in [-0.4, -0.2) is 4.98 Å². The Labute approximate surface area is 286 Å². The molecule has 0 aliphatic heterocycles. The van der Waals surface area contributed by atoms with Crippen molar-refractivity contribution in [2.24, 2.45) is 0 Å². The summed E-state index contributed by atoms with van der Waals surface area (Å²) in [4.78, 5) is 7.28. The number of fused-ring (bicyclic) bond motifs is 8. The molecule has 0 N–H and O–H groups in total. The molecule has 0 aliphatic carbocycles. The molecule has 0 unspecified atom stereocenters. The first kappa shape index (κ1) is 27.8. The van der Waals surface area contributed by atoms with Crippen LogP contribution in [0.1, 0.15) is 0 Å². The zero-order chi connectivity index (χ0) is 32.3. The van der Waals surface area contributed by atoms with Crippen LogP contribution >= 0.6 is 11.3 Å². The first-order valence-corrected chi connectivity index (χ1v) is 17.3. The maximum atomic E-state index is 6.46. The maximum absolute atomic E-state index is 6.46. The molecule has 4 heteroatoms. The molecule has 2 aromatic heterocycles. The van der Waals surface area contributed by atoms with Crippen molar-refractivity contribution in [1.82, 2.24) is 4.98 Å². The lowest BCUT2D eigenvalue weighted by molar-refractivity contribution is 0.669. The van der Waals surface area contributed by atoms with Gasteiger partial charge in [0.15, 0.2) is 0 Å². The summed E-state index contributed by atoms with van der Waals surface area (Å²) in [7, 11) is 0. The molecule has 0 aliphatic rings. The Bertz CT molecular complexity index is 2820. The third-order valence-electron chi connectivity index (χ3n) is 9.47. The van der Waals surface area contributed by atoms with E-state index in [-0.39, 0.29) is 0 Å². The third kappa shape index (κ3) is 4.61. The summed E-state index contributed by atoms with van der Waals surface area (Å²) < 4.78 is 7.68. The predicted octanol–water partition coefficient (Wildman–Crippen LogP) is 13.3. The minimum absolute atomic E-state index is 0.884. The van der Waals surface area contributed by atoms with E-state index in [1.54, 1.807) is 11.3 Å².